The van der Waals surface area contributed by atoms with Gasteiger partial charge in [0.05, 0.1) is 0 Å². The molecule has 4 nitrogen and oxygen atoms in total. The number of nitrogens with zero attached hydrogens (tertiary/aromatic N) is 1. The zero-order valence-electron chi connectivity index (χ0n) is 10.5. The molecule has 0 atom stereocenters. The Bertz CT molecular complexity index is 371. The van der Waals surface area contributed by atoms with Gasteiger partial charge >= 0.3 is 0 Å². The molecule has 4 heteroatoms. The average Bonchev–Trinajstić information content (AvgIpc) is 2.82. The lowest BCUT2D eigenvalue weighted by molar-refractivity contribution is 0.0748. The van der Waals surface area contributed by atoms with E-state index in [4.69, 9.17) is 0 Å². The van der Waals surface area contributed by atoms with Gasteiger partial charge in [-0.3, -0.25) is 9.59 Å². The van der Waals surface area contributed by atoms with Gasteiger partial charge in [-0.15, -0.1) is 0 Å². The molecule has 0 bridgehead atoms. The van der Waals surface area contributed by atoms with Crippen molar-refractivity contribution in [1.82, 2.24) is 9.88 Å². The highest BCUT2D eigenvalue weighted by Gasteiger charge is 2.15. The van der Waals surface area contributed by atoms with E-state index >= 15 is 0 Å². The fraction of sp³-hybridized carbons (Fsp3) is 0.538. The summed E-state index contributed by atoms with van der Waals surface area (Å²) in [7, 11) is 0. The lowest BCUT2D eigenvalue weighted by Crippen LogP contribution is -2.32. The second kappa shape index (κ2) is 6.89. The molecule has 1 amide bonds. The first-order valence-electron chi connectivity index (χ1n) is 6.15. The highest BCUT2D eigenvalue weighted by Crippen LogP contribution is 2.07. The van der Waals surface area contributed by atoms with Crippen LogP contribution in [0.25, 0.3) is 0 Å². The molecule has 1 heterocycles. The van der Waals surface area contributed by atoms with E-state index in [2.05, 4.69) is 18.8 Å². The number of hydrogen-bond donors (Lipinski definition) is 1. The largest absolute Gasteiger partial charge is 0.356 e. The Labute approximate surface area is 102 Å². The van der Waals surface area contributed by atoms with Crippen molar-refractivity contribution in [3.8, 4) is 0 Å². The molecule has 1 aromatic heterocycles. The summed E-state index contributed by atoms with van der Waals surface area (Å²) in [5.41, 5.74) is 1.01. The van der Waals surface area contributed by atoms with Gasteiger partial charge in [-0.25, -0.2) is 0 Å². The number of hydrogen-bond acceptors (Lipinski definition) is 2. The molecule has 1 N–H and O–H groups in total. The van der Waals surface area contributed by atoms with Crippen molar-refractivity contribution in [2.75, 3.05) is 13.1 Å². The van der Waals surface area contributed by atoms with Crippen molar-refractivity contribution in [2.24, 2.45) is 0 Å². The van der Waals surface area contributed by atoms with Crippen molar-refractivity contribution in [3.63, 3.8) is 0 Å². The minimum absolute atomic E-state index is 0.0200. The van der Waals surface area contributed by atoms with Crippen LogP contribution in [-0.2, 0) is 0 Å². The topological polar surface area (TPSA) is 53.2 Å². The van der Waals surface area contributed by atoms with E-state index in [1.807, 2.05) is 4.90 Å². The van der Waals surface area contributed by atoms with Gasteiger partial charge in [-0.05, 0) is 18.9 Å². The van der Waals surface area contributed by atoms with Gasteiger partial charge in [-0.1, -0.05) is 20.3 Å². The molecule has 0 aromatic carbocycles. The molecular weight excluding hydrogens is 216 g/mol. The monoisotopic (exact) mass is 236 g/mol. The number of aromatic nitrogens is 1. The van der Waals surface area contributed by atoms with Gasteiger partial charge in [0, 0.05) is 24.8 Å². The molecule has 1 aromatic rings. The van der Waals surface area contributed by atoms with Crippen LogP contribution in [0.2, 0.25) is 0 Å². The van der Waals surface area contributed by atoms with Crippen molar-refractivity contribution in [2.45, 2.75) is 33.1 Å². The molecular formula is C13H20N2O2. The Morgan fingerprint density at radius 2 is 2.12 bits per heavy atom. The fourth-order valence-corrected chi connectivity index (χ4v) is 1.71. The molecule has 94 valence electrons. The Kier molecular flexibility index (Phi) is 5.46. The number of H-pyrrole nitrogens is 1. The molecule has 0 spiro atoms. The Morgan fingerprint density at radius 1 is 1.35 bits per heavy atom. The van der Waals surface area contributed by atoms with Crippen LogP contribution in [0.4, 0.5) is 0 Å². The molecule has 1 rings (SSSR count). The van der Waals surface area contributed by atoms with Gasteiger partial charge in [-0.2, -0.15) is 0 Å². The van der Waals surface area contributed by atoms with E-state index < -0.39 is 0 Å². The molecule has 0 aliphatic rings. The summed E-state index contributed by atoms with van der Waals surface area (Å²) in [5.74, 6) is -0.0200. The first-order chi connectivity index (χ1) is 8.22. The summed E-state index contributed by atoms with van der Waals surface area (Å²) < 4.78 is 0. The van der Waals surface area contributed by atoms with Crippen LogP contribution < -0.4 is 0 Å². The number of aromatic amines is 1. The van der Waals surface area contributed by atoms with Crippen molar-refractivity contribution >= 4 is 12.2 Å². The molecule has 0 unspecified atom stereocenters. The summed E-state index contributed by atoms with van der Waals surface area (Å²) in [4.78, 5) is 27.4. The minimum Gasteiger partial charge on any atom is -0.356 e. The smallest absolute Gasteiger partial charge is 0.270 e. The van der Waals surface area contributed by atoms with Crippen molar-refractivity contribution < 1.29 is 9.59 Å². The molecule has 0 radical (unpaired) electrons. The number of aldehydes is 1. The lowest BCUT2D eigenvalue weighted by Gasteiger charge is -2.21. The number of carbonyl (C=O) groups excluding carboxylic acids is 2. The third kappa shape index (κ3) is 3.73. The van der Waals surface area contributed by atoms with E-state index in [0.717, 1.165) is 38.6 Å². The third-order valence-electron chi connectivity index (χ3n) is 2.63. The van der Waals surface area contributed by atoms with Crippen LogP contribution in [0.1, 0.15) is 54.0 Å². The Morgan fingerprint density at radius 3 is 2.65 bits per heavy atom. The van der Waals surface area contributed by atoms with E-state index in [-0.39, 0.29) is 5.91 Å². The maximum absolute atomic E-state index is 12.1. The quantitative estimate of drug-likeness (QED) is 0.739. The van der Waals surface area contributed by atoms with Gasteiger partial charge in [0.25, 0.3) is 5.91 Å². The first-order valence-corrected chi connectivity index (χ1v) is 6.15. The zero-order chi connectivity index (χ0) is 12.7. The first kappa shape index (κ1) is 13.5. The van der Waals surface area contributed by atoms with E-state index in [1.54, 1.807) is 12.3 Å². The second-order valence-corrected chi connectivity index (χ2v) is 4.11. The van der Waals surface area contributed by atoms with Crippen LogP contribution in [-0.4, -0.2) is 35.2 Å². The van der Waals surface area contributed by atoms with Crippen molar-refractivity contribution in [1.29, 1.82) is 0 Å². The number of carbonyl (C=O) groups is 2. The SMILES string of the molecule is CCCCN(CCC)C(=O)c1cc(C=O)c[nH]1. The summed E-state index contributed by atoms with van der Waals surface area (Å²) in [6.45, 7) is 5.69. The Balaban J connectivity index is 2.71. The van der Waals surface area contributed by atoms with Gasteiger partial charge in [0.15, 0.2) is 6.29 Å². The van der Waals surface area contributed by atoms with E-state index in [1.165, 1.54) is 0 Å². The predicted molar refractivity (Wildman–Crippen MR) is 67.3 cm³/mol. The molecule has 0 aliphatic heterocycles. The molecule has 0 fully saturated rings. The number of amides is 1. The van der Waals surface area contributed by atoms with Crippen LogP contribution in [0.3, 0.4) is 0 Å². The van der Waals surface area contributed by atoms with E-state index in [0.29, 0.717) is 11.3 Å². The lowest BCUT2D eigenvalue weighted by atomic mass is 10.2. The highest BCUT2D eigenvalue weighted by atomic mass is 16.2. The maximum Gasteiger partial charge on any atom is 0.270 e. The number of rotatable bonds is 7. The van der Waals surface area contributed by atoms with Gasteiger partial charge in [0.1, 0.15) is 5.69 Å². The van der Waals surface area contributed by atoms with Crippen LogP contribution >= 0.6 is 0 Å². The van der Waals surface area contributed by atoms with Crippen LogP contribution in [0, 0.1) is 0 Å². The second-order valence-electron chi connectivity index (χ2n) is 4.11. The highest BCUT2D eigenvalue weighted by molar-refractivity contribution is 5.94. The Hall–Kier alpha value is -1.58. The molecule has 0 saturated heterocycles. The maximum atomic E-state index is 12.1. The standard InChI is InChI=1S/C13H20N2O2/c1-3-5-7-15(6-4-2)13(17)12-8-11(10-16)9-14-12/h8-10,14H,3-7H2,1-2H3. The van der Waals surface area contributed by atoms with E-state index in [9.17, 15) is 9.59 Å². The summed E-state index contributed by atoms with van der Waals surface area (Å²) in [5, 5.41) is 0. The molecule has 0 aliphatic carbocycles. The van der Waals surface area contributed by atoms with Gasteiger partial charge in [0.2, 0.25) is 0 Å². The van der Waals surface area contributed by atoms with Crippen molar-refractivity contribution in [3.05, 3.63) is 23.5 Å². The normalized spacial score (nSPS) is 10.2. The summed E-state index contributed by atoms with van der Waals surface area (Å²) >= 11 is 0. The fourth-order valence-electron chi connectivity index (χ4n) is 1.71. The number of unbranched alkanes of at least 4 members (excludes halogenated alkanes) is 1. The molecule has 0 saturated carbocycles. The predicted octanol–water partition coefficient (Wildman–Crippen LogP) is 2.48. The summed E-state index contributed by atoms with van der Waals surface area (Å²) in [6, 6.07) is 1.60. The van der Waals surface area contributed by atoms with Crippen LogP contribution in [0.15, 0.2) is 12.3 Å². The average molecular weight is 236 g/mol. The summed E-state index contributed by atoms with van der Waals surface area (Å²) in [6.07, 6.45) is 5.31. The molecule has 17 heavy (non-hydrogen) atoms. The third-order valence-corrected chi connectivity index (χ3v) is 2.63. The van der Waals surface area contributed by atoms with Gasteiger partial charge < -0.3 is 9.88 Å². The van der Waals surface area contributed by atoms with Crippen LogP contribution in [0.5, 0.6) is 0 Å². The minimum atomic E-state index is -0.0200. The number of nitrogens with one attached hydrogen (secondary N) is 1. The zero-order valence-corrected chi connectivity index (χ0v) is 10.5.